The molecule has 0 spiro atoms. The van der Waals surface area contributed by atoms with E-state index in [9.17, 15) is 0 Å². The van der Waals surface area contributed by atoms with E-state index < -0.39 is 0 Å². The van der Waals surface area contributed by atoms with E-state index in [0.717, 1.165) is 12.8 Å². The van der Waals surface area contributed by atoms with Crippen LogP contribution in [0.25, 0.3) is 10.8 Å². The molecule has 0 saturated heterocycles. The van der Waals surface area contributed by atoms with Crippen molar-refractivity contribution < 1.29 is 5.11 Å². The van der Waals surface area contributed by atoms with Crippen molar-refractivity contribution in [2.75, 3.05) is 6.61 Å². The highest BCUT2D eigenvalue weighted by atomic mass is 16.2. The number of rotatable bonds is 4. The first-order valence-corrected chi connectivity index (χ1v) is 5.91. The molecular weight excluding hydrogens is 196 g/mol. The highest BCUT2D eigenvalue weighted by Gasteiger charge is 2.08. The third kappa shape index (κ3) is 2.25. The average Bonchev–Trinajstić information content (AvgIpc) is 2.35. The normalized spacial score (nSPS) is 12.9. The molecule has 0 aliphatic carbocycles. The lowest BCUT2D eigenvalue weighted by atomic mass is 9.92. The third-order valence-electron chi connectivity index (χ3n) is 3.15. The summed E-state index contributed by atoms with van der Waals surface area (Å²) in [6.45, 7) is 2.52. The van der Waals surface area contributed by atoms with Crippen LogP contribution in [0, 0.1) is 0 Å². The van der Waals surface area contributed by atoms with Gasteiger partial charge in [-0.15, -0.1) is 0 Å². The fourth-order valence-corrected chi connectivity index (χ4v) is 2.23. The first-order valence-electron chi connectivity index (χ1n) is 5.91. The molecule has 1 N–H and O–H groups in total. The molecule has 2 aromatic rings. The molecule has 1 unspecified atom stereocenters. The summed E-state index contributed by atoms with van der Waals surface area (Å²) in [5, 5.41) is 11.5. The number of benzene rings is 2. The molecule has 0 radical (unpaired) electrons. The zero-order chi connectivity index (χ0) is 11.4. The smallest absolute Gasteiger partial charge is 0.0431 e. The Morgan fingerprint density at radius 1 is 1.06 bits per heavy atom. The van der Waals surface area contributed by atoms with Crippen molar-refractivity contribution in [3.63, 3.8) is 0 Å². The lowest BCUT2D eigenvalue weighted by Crippen LogP contribution is -1.96. The fourth-order valence-electron chi connectivity index (χ4n) is 2.23. The van der Waals surface area contributed by atoms with Gasteiger partial charge in [0.25, 0.3) is 0 Å². The van der Waals surface area contributed by atoms with Gasteiger partial charge in [0.2, 0.25) is 0 Å². The molecule has 0 bridgehead atoms. The topological polar surface area (TPSA) is 20.2 Å². The predicted octanol–water partition coefficient (Wildman–Crippen LogP) is 3.72. The van der Waals surface area contributed by atoms with Crippen molar-refractivity contribution >= 4 is 10.8 Å². The highest BCUT2D eigenvalue weighted by molar-refractivity contribution is 5.86. The summed E-state index contributed by atoms with van der Waals surface area (Å²) < 4.78 is 0. The molecule has 16 heavy (non-hydrogen) atoms. The zero-order valence-electron chi connectivity index (χ0n) is 9.69. The van der Waals surface area contributed by atoms with Crippen molar-refractivity contribution in [3.05, 3.63) is 48.0 Å². The highest BCUT2D eigenvalue weighted by Crippen LogP contribution is 2.28. The third-order valence-corrected chi connectivity index (χ3v) is 3.15. The Labute approximate surface area is 96.7 Å². The number of fused-ring (bicyclic) bond motifs is 1. The number of hydrogen-bond donors (Lipinski definition) is 1. The Kier molecular flexibility index (Phi) is 3.58. The van der Waals surface area contributed by atoms with Crippen LogP contribution in [-0.4, -0.2) is 11.7 Å². The Morgan fingerprint density at radius 3 is 2.62 bits per heavy atom. The van der Waals surface area contributed by atoms with Crippen molar-refractivity contribution in [3.8, 4) is 0 Å². The average molecular weight is 214 g/mol. The molecule has 0 aliphatic rings. The van der Waals surface area contributed by atoms with Crippen molar-refractivity contribution in [1.82, 2.24) is 0 Å². The van der Waals surface area contributed by atoms with Gasteiger partial charge in [-0.1, -0.05) is 49.4 Å². The maximum atomic E-state index is 8.88. The molecule has 1 atom stereocenters. The minimum absolute atomic E-state index is 0.287. The Hall–Kier alpha value is -1.34. The van der Waals surface area contributed by atoms with Gasteiger partial charge in [0.05, 0.1) is 0 Å². The number of hydrogen-bond acceptors (Lipinski definition) is 1. The van der Waals surface area contributed by atoms with E-state index in [2.05, 4.69) is 49.4 Å². The number of aliphatic hydroxyl groups is 1. The second-order valence-electron chi connectivity index (χ2n) is 4.34. The van der Waals surface area contributed by atoms with E-state index in [0.29, 0.717) is 5.92 Å². The van der Waals surface area contributed by atoms with Crippen LogP contribution in [0.15, 0.2) is 42.5 Å². The van der Waals surface area contributed by atoms with Crippen LogP contribution in [0.5, 0.6) is 0 Å². The minimum Gasteiger partial charge on any atom is -0.396 e. The summed E-state index contributed by atoms with van der Waals surface area (Å²) in [5.41, 5.74) is 1.39. The lowest BCUT2D eigenvalue weighted by molar-refractivity contribution is 0.281. The van der Waals surface area contributed by atoms with E-state index in [1.54, 1.807) is 0 Å². The summed E-state index contributed by atoms with van der Waals surface area (Å²) in [5.74, 6) is 0.512. The molecule has 0 heterocycles. The largest absolute Gasteiger partial charge is 0.396 e. The number of aliphatic hydroxyl groups excluding tert-OH is 1. The monoisotopic (exact) mass is 214 g/mol. The maximum Gasteiger partial charge on any atom is 0.0431 e. The molecule has 84 valence electrons. The summed E-state index contributed by atoms with van der Waals surface area (Å²) in [6, 6.07) is 15.0. The summed E-state index contributed by atoms with van der Waals surface area (Å²) >= 11 is 0. The molecule has 1 nitrogen and oxygen atoms in total. The van der Waals surface area contributed by atoms with E-state index in [1.165, 1.54) is 16.3 Å². The standard InChI is InChI=1S/C15H18O/c1-12(6-5-11-16)14-10-4-8-13-7-2-3-9-15(13)14/h2-4,7-10,12,16H,5-6,11H2,1H3. The van der Waals surface area contributed by atoms with E-state index in [1.807, 2.05) is 0 Å². The van der Waals surface area contributed by atoms with Gasteiger partial charge in [-0.3, -0.25) is 0 Å². The van der Waals surface area contributed by atoms with Gasteiger partial charge in [0, 0.05) is 6.61 Å². The lowest BCUT2D eigenvalue weighted by Gasteiger charge is -2.13. The van der Waals surface area contributed by atoms with Crippen LogP contribution in [0.4, 0.5) is 0 Å². The second kappa shape index (κ2) is 5.13. The molecule has 0 amide bonds. The van der Waals surface area contributed by atoms with Crippen molar-refractivity contribution in [2.45, 2.75) is 25.7 Å². The van der Waals surface area contributed by atoms with E-state index in [4.69, 9.17) is 5.11 Å². The van der Waals surface area contributed by atoms with E-state index in [-0.39, 0.29) is 6.61 Å². The summed E-state index contributed by atoms with van der Waals surface area (Å²) in [7, 11) is 0. The zero-order valence-corrected chi connectivity index (χ0v) is 9.69. The molecular formula is C15H18O. The van der Waals surface area contributed by atoms with Gasteiger partial charge in [-0.25, -0.2) is 0 Å². The van der Waals surface area contributed by atoms with Crippen LogP contribution < -0.4 is 0 Å². The fraction of sp³-hybridized carbons (Fsp3) is 0.333. The van der Waals surface area contributed by atoms with E-state index >= 15 is 0 Å². The van der Waals surface area contributed by atoms with Gasteiger partial charge < -0.3 is 5.11 Å². The minimum atomic E-state index is 0.287. The quantitative estimate of drug-likeness (QED) is 0.822. The van der Waals surface area contributed by atoms with Gasteiger partial charge in [-0.2, -0.15) is 0 Å². The van der Waals surface area contributed by atoms with Gasteiger partial charge in [-0.05, 0) is 35.1 Å². The molecule has 0 fully saturated rings. The van der Waals surface area contributed by atoms with Crippen molar-refractivity contribution in [1.29, 1.82) is 0 Å². The molecule has 0 aromatic heterocycles. The van der Waals surface area contributed by atoms with Crippen LogP contribution >= 0.6 is 0 Å². The van der Waals surface area contributed by atoms with Crippen LogP contribution in [-0.2, 0) is 0 Å². The second-order valence-corrected chi connectivity index (χ2v) is 4.34. The molecule has 2 rings (SSSR count). The SMILES string of the molecule is CC(CCCO)c1cccc2ccccc12. The van der Waals surface area contributed by atoms with Gasteiger partial charge >= 0.3 is 0 Å². The van der Waals surface area contributed by atoms with Crippen LogP contribution in [0.3, 0.4) is 0 Å². The Morgan fingerprint density at radius 2 is 1.81 bits per heavy atom. The van der Waals surface area contributed by atoms with Crippen LogP contribution in [0.1, 0.15) is 31.2 Å². The summed E-state index contributed by atoms with van der Waals surface area (Å²) in [4.78, 5) is 0. The Balaban J connectivity index is 2.36. The first-order chi connectivity index (χ1) is 7.83. The maximum absolute atomic E-state index is 8.88. The van der Waals surface area contributed by atoms with Gasteiger partial charge in [0.15, 0.2) is 0 Å². The molecule has 0 saturated carbocycles. The Bertz CT molecular complexity index is 456. The van der Waals surface area contributed by atoms with Gasteiger partial charge in [0.1, 0.15) is 0 Å². The molecule has 2 aromatic carbocycles. The first kappa shape index (κ1) is 11.2. The van der Waals surface area contributed by atoms with Crippen molar-refractivity contribution in [2.24, 2.45) is 0 Å². The molecule has 1 heteroatoms. The molecule has 0 aliphatic heterocycles. The summed E-state index contributed by atoms with van der Waals surface area (Å²) in [6.07, 6.45) is 1.93. The van der Waals surface area contributed by atoms with Crippen LogP contribution in [0.2, 0.25) is 0 Å². The predicted molar refractivity (Wildman–Crippen MR) is 68.7 cm³/mol.